The van der Waals surface area contributed by atoms with Gasteiger partial charge in [0, 0.05) is 107 Å². The van der Waals surface area contributed by atoms with E-state index in [1.54, 1.807) is 37.2 Å². The molecule has 0 radical (unpaired) electrons. The summed E-state index contributed by atoms with van der Waals surface area (Å²) >= 11 is 3.44. The van der Waals surface area contributed by atoms with E-state index in [1.807, 2.05) is 105 Å². The Morgan fingerprint density at radius 3 is 1.17 bits per heavy atom. The quantitative estimate of drug-likeness (QED) is 0.134. The van der Waals surface area contributed by atoms with Gasteiger partial charge in [-0.2, -0.15) is 0 Å². The number of hydrogen-bond donors (Lipinski definition) is 0. The van der Waals surface area contributed by atoms with E-state index in [-0.39, 0.29) is 41.5 Å². The minimum Gasteiger partial charge on any atom is -0.293 e. The second-order valence-electron chi connectivity index (χ2n) is 20.6. The Morgan fingerprint density at radius 2 is 0.815 bits per heavy atom. The third-order valence-corrected chi connectivity index (χ3v) is 16.1. The number of pyridine rings is 3. The fourth-order valence-electron chi connectivity index (χ4n) is 11.6. The van der Waals surface area contributed by atoms with Crippen LogP contribution in [-0.4, -0.2) is 96.1 Å². The summed E-state index contributed by atoms with van der Waals surface area (Å²) in [6.07, 6.45) is 22.5. The number of rotatable bonds is 0. The number of fused-ring (bicyclic) bond motifs is 9. The zero-order valence-corrected chi connectivity index (χ0v) is 47.5. The molecule has 15 rings (SSSR count). The predicted molar refractivity (Wildman–Crippen MR) is 323 cm³/mol. The highest BCUT2D eigenvalue weighted by molar-refractivity contribution is 9.10. The van der Waals surface area contributed by atoms with Gasteiger partial charge in [-0.3, -0.25) is 57.7 Å². The van der Waals surface area contributed by atoms with Gasteiger partial charge in [0.05, 0.1) is 52.3 Å². The number of halogens is 3. The van der Waals surface area contributed by atoms with Gasteiger partial charge in [0.15, 0.2) is 0 Å². The minimum atomic E-state index is 0. The number of aromatic nitrogens is 9. The standard InChI is InChI=1S/2C21H18N4O.C14H14BrN3O.C7H5N.2ClH/c2*26-21-18-8-7-15(5-6-16-3-1-9-22-12-16)11-19(18)23-20-14-24-10-2-4-17(24)13-25(20)21;15-9-3-4-11-12(6-9)16-13-8-17-5-1-2-10(17)7-18(13)14(11)19;1-2-7-4-3-5-8-6-7;;/h2*1,3,7-9,11-12,17H,2,4,10,13-14H2;3-4,6,10H,1-2,5,7-8H2;1,3-6H;2*1H. The highest BCUT2D eigenvalue weighted by Crippen LogP contribution is 2.29. The molecule has 0 amide bonds. The summed E-state index contributed by atoms with van der Waals surface area (Å²) in [6, 6.07) is 29.8. The third kappa shape index (κ3) is 12.4. The Hall–Kier alpha value is -7.85. The van der Waals surface area contributed by atoms with Crippen LogP contribution in [0, 0.1) is 36.0 Å². The van der Waals surface area contributed by atoms with Crippen molar-refractivity contribution < 1.29 is 0 Å². The molecular weight excluding hydrogens is 1120 g/mol. The normalized spacial score (nSPS) is 18.1. The minimum absolute atomic E-state index is 0. The van der Waals surface area contributed by atoms with Crippen molar-refractivity contribution in [1.29, 1.82) is 0 Å². The van der Waals surface area contributed by atoms with Crippen LogP contribution in [0.25, 0.3) is 32.7 Å². The van der Waals surface area contributed by atoms with Crippen molar-refractivity contribution in [3.8, 4) is 36.0 Å². The molecule has 6 aliphatic rings. The monoisotopic (exact) mass is 1180 g/mol. The van der Waals surface area contributed by atoms with Gasteiger partial charge in [0.2, 0.25) is 0 Å². The van der Waals surface area contributed by atoms with Crippen molar-refractivity contribution in [2.24, 2.45) is 0 Å². The summed E-state index contributed by atoms with van der Waals surface area (Å²) in [5.74, 6) is 17.6. The molecule has 12 heterocycles. The molecule has 6 aliphatic heterocycles. The zero-order valence-electron chi connectivity index (χ0n) is 44.3. The maximum atomic E-state index is 12.9. The van der Waals surface area contributed by atoms with Crippen LogP contribution in [0.1, 0.15) is 83.8 Å². The average Bonchev–Trinajstić information content (AvgIpc) is 4.33. The molecule has 18 heteroatoms. The first-order chi connectivity index (χ1) is 38.7. The SMILES string of the molecule is C#Cc1cccnc1.Cl.Cl.O=c1c2ccc(Br)cc2nc2n1CC1CCCN1C2.O=c1c2ccc(C#Cc3cccnc3)cc2nc2n1CC1CCCN1C2.O=c1c2ccc(C#Cc3cccnc3)cc2nc2n1CC1CCCN1C2. The van der Waals surface area contributed by atoms with E-state index in [2.05, 4.69) is 80.2 Å². The van der Waals surface area contributed by atoms with Gasteiger partial charge in [0.1, 0.15) is 17.5 Å². The van der Waals surface area contributed by atoms with Gasteiger partial charge in [-0.25, -0.2) is 15.0 Å². The summed E-state index contributed by atoms with van der Waals surface area (Å²) in [4.78, 5) is 72.0. The summed E-state index contributed by atoms with van der Waals surface area (Å²) in [5.41, 5.74) is 6.79. The van der Waals surface area contributed by atoms with Crippen molar-refractivity contribution in [1.82, 2.24) is 58.3 Å². The maximum Gasteiger partial charge on any atom is 0.261 e. The fraction of sp³-hybridized carbons (Fsp3) is 0.286. The summed E-state index contributed by atoms with van der Waals surface area (Å²) < 4.78 is 6.58. The van der Waals surface area contributed by atoms with Crippen molar-refractivity contribution in [3.05, 3.63) is 209 Å². The molecule has 3 aromatic carbocycles. The first kappa shape index (κ1) is 56.4. The van der Waals surface area contributed by atoms with Crippen LogP contribution in [0.5, 0.6) is 0 Å². The van der Waals surface area contributed by atoms with Gasteiger partial charge in [-0.05, 0) is 149 Å². The van der Waals surface area contributed by atoms with Crippen LogP contribution >= 0.6 is 40.7 Å². The van der Waals surface area contributed by atoms with Crippen molar-refractivity contribution in [3.63, 3.8) is 0 Å². The Bertz CT molecular complexity index is 3970. The zero-order chi connectivity index (χ0) is 53.8. The van der Waals surface area contributed by atoms with E-state index < -0.39 is 0 Å². The van der Waals surface area contributed by atoms with Crippen LogP contribution in [-0.2, 0) is 39.3 Å². The van der Waals surface area contributed by atoms with Crippen LogP contribution < -0.4 is 16.7 Å². The van der Waals surface area contributed by atoms with E-state index in [0.717, 1.165) is 131 Å². The van der Waals surface area contributed by atoms with Crippen LogP contribution in [0.4, 0.5) is 0 Å². The number of nitrogens with zero attached hydrogens (tertiary/aromatic N) is 12. The van der Waals surface area contributed by atoms with Crippen LogP contribution in [0.15, 0.2) is 147 Å². The molecule has 15 nitrogen and oxygen atoms in total. The molecule has 6 aromatic heterocycles. The summed E-state index contributed by atoms with van der Waals surface area (Å²) in [6.45, 7) is 8.01. The Balaban J connectivity index is 0.000000127. The lowest BCUT2D eigenvalue weighted by Gasteiger charge is -2.31. The molecule has 0 saturated carbocycles. The molecule has 3 fully saturated rings. The smallest absolute Gasteiger partial charge is 0.261 e. The maximum absolute atomic E-state index is 12.9. The molecule has 0 N–H and O–H groups in total. The van der Waals surface area contributed by atoms with Gasteiger partial charge < -0.3 is 0 Å². The Morgan fingerprint density at radius 1 is 0.457 bits per heavy atom. The highest BCUT2D eigenvalue weighted by atomic mass is 79.9. The first-order valence-corrected chi connectivity index (χ1v) is 27.7. The number of terminal acetylenes is 1. The van der Waals surface area contributed by atoms with E-state index in [9.17, 15) is 14.4 Å². The van der Waals surface area contributed by atoms with Gasteiger partial charge in [-0.1, -0.05) is 45.5 Å². The van der Waals surface area contributed by atoms with Crippen molar-refractivity contribution >= 4 is 73.5 Å². The predicted octanol–water partition coefficient (Wildman–Crippen LogP) is 8.38. The molecule has 3 atom stereocenters. The number of hydrogen-bond acceptors (Lipinski definition) is 12. The largest absolute Gasteiger partial charge is 0.293 e. The molecule has 0 bridgehead atoms. The van der Waals surface area contributed by atoms with Gasteiger partial charge >= 0.3 is 0 Å². The van der Waals surface area contributed by atoms with E-state index in [0.29, 0.717) is 28.9 Å². The fourth-order valence-corrected chi connectivity index (χ4v) is 11.9. The second-order valence-corrected chi connectivity index (χ2v) is 21.5. The molecular formula is C63H57BrCl2N12O3. The van der Waals surface area contributed by atoms with Gasteiger partial charge in [0.25, 0.3) is 16.7 Å². The van der Waals surface area contributed by atoms with E-state index in [1.165, 1.54) is 38.5 Å². The molecule has 81 heavy (non-hydrogen) atoms. The van der Waals surface area contributed by atoms with Gasteiger partial charge in [-0.15, -0.1) is 31.2 Å². The van der Waals surface area contributed by atoms with E-state index >= 15 is 0 Å². The first-order valence-electron chi connectivity index (χ1n) is 26.9. The molecule has 3 unspecified atom stereocenters. The van der Waals surface area contributed by atoms with Crippen LogP contribution in [0.2, 0.25) is 0 Å². The molecule has 0 aliphatic carbocycles. The number of benzene rings is 3. The highest BCUT2D eigenvalue weighted by Gasteiger charge is 2.34. The Labute approximate surface area is 489 Å². The molecule has 9 aromatic rings. The van der Waals surface area contributed by atoms with Crippen molar-refractivity contribution in [2.45, 2.75) is 95.9 Å². The van der Waals surface area contributed by atoms with Crippen LogP contribution in [0.3, 0.4) is 0 Å². The molecule has 3 saturated heterocycles. The lowest BCUT2D eigenvalue weighted by atomic mass is 10.1. The average molecular weight is 1180 g/mol. The topological polar surface area (TPSA) is 153 Å². The molecule has 408 valence electrons. The van der Waals surface area contributed by atoms with E-state index in [4.69, 9.17) is 16.4 Å². The molecule has 0 spiro atoms. The summed E-state index contributed by atoms with van der Waals surface area (Å²) in [5, 5.41) is 2.07. The van der Waals surface area contributed by atoms with Crippen molar-refractivity contribution in [2.75, 3.05) is 19.6 Å². The second kappa shape index (κ2) is 25.3. The lowest BCUT2D eigenvalue weighted by molar-refractivity contribution is 0.181. The Kier molecular flexibility index (Phi) is 17.6. The summed E-state index contributed by atoms with van der Waals surface area (Å²) in [7, 11) is 0. The third-order valence-electron chi connectivity index (χ3n) is 15.6. The lowest BCUT2D eigenvalue weighted by Crippen LogP contribution is -2.43.